The SMILES string of the molecule is O=C(CN1C(=O)C(=O)c2ccccc21)NC1CCCC1. The van der Waals surface area contributed by atoms with E-state index in [0.717, 1.165) is 25.7 Å². The average Bonchev–Trinajstić information content (AvgIpc) is 3.03. The van der Waals surface area contributed by atoms with Crippen LogP contribution in [-0.2, 0) is 9.59 Å². The molecule has 1 aromatic rings. The first-order valence-corrected chi connectivity index (χ1v) is 6.91. The Hall–Kier alpha value is -2.17. The largest absolute Gasteiger partial charge is 0.352 e. The highest BCUT2D eigenvalue weighted by Gasteiger charge is 2.36. The Balaban J connectivity index is 1.72. The van der Waals surface area contributed by atoms with Gasteiger partial charge in [0.1, 0.15) is 6.54 Å². The van der Waals surface area contributed by atoms with E-state index in [1.54, 1.807) is 24.3 Å². The molecule has 0 bridgehead atoms. The minimum absolute atomic E-state index is 0.0852. The lowest BCUT2D eigenvalue weighted by Gasteiger charge is -2.18. The number of fused-ring (bicyclic) bond motifs is 1. The van der Waals surface area contributed by atoms with Gasteiger partial charge in [0, 0.05) is 6.04 Å². The van der Waals surface area contributed by atoms with Crippen molar-refractivity contribution < 1.29 is 14.4 Å². The molecule has 1 heterocycles. The van der Waals surface area contributed by atoms with Crippen molar-refractivity contribution in [2.24, 2.45) is 0 Å². The lowest BCUT2D eigenvalue weighted by atomic mass is 10.1. The molecule has 0 spiro atoms. The fraction of sp³-hybridized carbons (Fsp3) is 0.400. The summed E-state index contributed by atoms with van der Waals surface area (Å²) in [6.07, 6.45) is 4.26. The van der Waals surface area contributed by atoms with Crippen molar-refractivity contribution in [3.05, 3.63) is 29.8 Å². The van der Waals surface area contributed by atoms with Gasteiger partial charge in [-0.2, -0.15) is 0 Å². The molecule has 1 aromatic carbocycles. The number of hydrogen-bond donors (Lipinski definition) is 1. The molecule has 0 aromatic heterocycles. The van der Waals surface area contributed by atoms with Crippen molar-refractivity contribution in [1.82, 2.24) is 5.32 Å². The van der Waals surface area contributed by atoms with Gasteiger partial charge in [-0.1, -0.05) is 25.0 Å². The summed E-state index contributed by atoms with van der Waals surface area (Å²) < 4.78 is 0. The summed E-state index contributed by atoms with van der Waals surface area (Å²) in [7, 11) is 0. The maximum atomic E-state index is 12.0. The van der Waals surface area contributed by atoms with Gasteiger partial charge in [0.2, 0.25) is 5.91 Å². The smallest absolute Gasteiger partial charge is 0.299 e. The molecule has 1 aliphatic carbocycles. The van der Waals surface area contributed by atoms with E-state index in [2.05, 4.69) is 5.32 Å². The van der Waals surface area contributed by atoms with Crippen LogP contribution in [0.2, 0.25) is 0 Å². The molecular weight excluding hydrogens is 256 g/mol. The van der Waals surface area contributed by atoms with Gasteiger partial charge in [0.05, 0.1) is 11.3 Å². The van der Waals surface area contributed by atoms with E-state index in [-0.39, 0.29) is 18.5 Å². The van der Waals surface area contributed by atoms with E-state index in [4.69, 9.17) is 0 Å². The number of carbonyl (C=O) groups excluding carboxylic acids is 3. The van der Waals surface area contributed by atoms with E-state index in [0.29, 0.717) is 11.3 Å². The van der Waals surface area contributed by atoms with Crippen LogP contribution in [0.4, 0.5) is 5.69 Å². The number of ketones is 1. The predicted molar refractivity (Wildman–Crippen MR) is 73.5 cm³/mol. The minimum atomic E-state index is -0.618. The van der Waals surface area contributed by atoms with E-state index in [1.165, 1.54) is 4.90 Å². The van der Waals surface area contributed by atoms with Gasteiger partial charge in [-0.05, 0) is 25.0 Å². The van der Waals surface area contributed by atoms with Crippen molar-refractivity contribution in [2.45, 2.75) is 31.7 Å². The normalized spacial score (nSPS) is 18.5. The zero-order chi connectivity index (χ0) is 14.1. The standard InChI is InChI=1S/C15H16N2O3/c18-13(16-10-5-1-2-6-10)9-17-12-8-4-3-7-11(12)14(19)15(17)20/h3-4,7-8,10H,1-2,5-6,9H2,(H,16,18). The molecule has 20 heavy (non-hydrogen) atoms. The number of Topliss-reactive ketones (excluding diaryl/α,β-unsaturated/α-hetero) is 1. The molecule has 0 atom stereocenters. The van der Waals surface area contributed by atoms with Crippen LogP contribution in [0.15, 0.2) is 24.3 Å². The van der Waals surface area contributed by atoms with Crippen LogP contribution in [0.25, 0.3) is 0 Å². The average molecular weight is 272 g/mol. The predicted octanol–water partition coefficient (Wildman–Crippen LogP) is 1.27. The summed E-state index contributed by atoms with van der Waals surface area (Å²) in [5.74, 6) is -1.35. The first-order chi connectivity index (χ1) is 9.66. The van der Waals surface area contributed by atoms with E-state index < -0.39 is 11.7 Å². The number of nitrogens with zero attached hydrogens (tertiary/aromatic N) is 1. The van der Waals surface area contributed by atoms with Gasteiger partial charge in [0.25, 0.3) is 11.7 Å². The number of rotatable bonds is 3. The highest BCUT2D eigenvalue weighted by Crippen LogP contribution is 2.28. The molecule has 2 aliphatic rings. The van der Waals surface area contributed by atoms with Gasteiger partial charge in [-0.3, -0.25) is 19.3 Å². The number of amides is 2. The van der Waals surface area contributed by atoms with Crippen LogP contribution in [0.5, 0.6) is 0 Å². The first-order valence-electron chi connectivity index (χ1n) is 6.91. The molecular formula is C15H16N2O3. The maximum absolute atomic E-state index is 12.0. The molecule has 5 nitrogen and oxygen atoms in total. The summed E-state index contributed by atoms with van der Waals surface area (Å²) in [6, 6.07) is 7.00. The summed E-state index contributed by atoms with van der Waals surface area (Å²) in [5, 5.41) is 2.93. The zero-order valence-corrected chi connectivity index (χ0v) is 11.1. The Morgan fingerprint density at radius 3 is 2.65 bits per heavy atom. The minimum Gasteiger partial charge on any atom is -0.352 e. The Bertz CT molecular complexity index is 576. The third-order valence-electron chi connectivity index (χ3n) is 3.90. The van der Waals surface area contributed by atoms with E-state index in [9.17, 15) is 14.4 Å². The summed E-state index contributed by atoms with van der Waals surface area (Å²) >= 11 is 0. The van der Waals surface area contributed by atoms with Crippen molar-refractivity contribution in [3.63, 3.8) is 0 Å². The zero-order valence-electron chi connectivity index (χ0n) is 11.1. The second-order valence-electron chi connectivity index (χ2n) is 5.29. The molecule has 0 unspecified atom stereocenters. The van der Waals surface area contributed by atoms with Crippen LogP contribution < -0.4 is 10.2 Å². The van der Waals surface area contributed by atoms with Crippen LogP contribution in [-0.4, -0.2) is 30.2 Å². The first kappa shape index (κ1) is 12.8. The third kappa shape index (κ3) is 2.19. The molecule has 3 rings (SSSR count). The topological polar surface area (TPSA) is 66.5 Å². The highest BCUT2D eigenvalue weighted by molar-refractivity contribution is 6.52. The number of carbonyl (C=O) groups is 3. The van der Waals surface area contributed by atoms with E-state index >= 15 is 0 Å². The monoisotopic (exact) mass is 272 g/mol. The van der Waals surface area contributed by atoms with Gasteiger partial charge in [-0.15, -0.1) is 0 Å². The Morgan fingerprint density at radius 1 is 1.20 bits per heavy atom. The molecule has 1 aliphatic heterocycles. The second kappa shape index (κ2) is 5.07. The van der Waals surface area contributed by atoms with Crippen molar-refractivity contribution in [2.75, 3.05) is 11.4 Å². The molecule has 1 N–H and O–H groups in total. The molecule has 1 fully saturated rings. The second-order valence-corrected chi connectivity index (χ2v) is 5.29. The quantitative estimate of drug-likeness (QED) is 0.843. The third-order valence-corrected chi connectivity index (χ3v) is 3.90. The molecule has 0 radical (unpaired) electrons. The van der Waals surface area contributed by atoms with Crippen molar-refractivity contribution in [3.8, 4) is 0 Å². The number of anilines is 1. The van der Waals surface area contributed by atoms with Gasteiger partial charge < -0.3 is 5.32 Å². The molecule has 1 saturated carbocycles. The summed E-state index contributed by atoms with van der Waals surface area (Å²) in [6.45, 7) is -0.0852. The fourth-order valence-electron chi connectivity index (χ4n) is 2.89. The van der Waals surface area contributed by atoms with Crippen LogP contribution >= 0.6 is 0 Å². The maximum Gasteiger partial charge on any atom is 0.299 e. The van der Waals surface area contributed by atoms with Crippen molar-refractivity contribution in [1.29, 1.82) is 0 Å². The van der Waals surface area contributed by atoms with E-state index in [1.807, 2.05) is 0 Å². The Kier molecular flexibility index (Phi) is 3.26. The molecule has 2 amide bonds. The highest BCUT2D eigenvalue weighted by atomic mass is 16.2. The number of hydrogen-bond acceptors (Lipinski definition) is 3. The number of para-hydroxylation sites is 1. The lowest BCUT2D eigenvalue weighted by molar-refractivity contribution is -0.122. The molecule has 104 valence electrons. The fourth-order valence-corrected chi connectivity index (χ4v) is 2.89. The van der Waals surface area contributed by atoms with Gasteiger partial charge in [-0.25, -0.2) is 0 Å². The summed E-state index contributed by atoms with van der Waals surface area (Å²) in [4.78, 5) is 37.0. The number of benzene rings is 1. The molecule has 0 saturated heterocycles. The van der Waals surface area contributed by atoms with Crippen LogP contribution in [0.3, 0.4) is 0 Å². The van der Waals surface area contributed by atoms with Gasteiger partial charge in [0.15, 0.2) is 0 Å². The molecule has 5 heteroatoms. The van der Waals surface area contributed by atoms with Crippen LogP contribution in [0, 0.1) is 0 Å². The Morgan fingerprint density at radius 2 is 1.90 bits per heavy atom. The number of nitrogens with one attached hydrogen (secondary N) is 1. The lowest BCUT2D eigenvalue weighted by Crippen LogP contribution is -2.43. The van der Waals surface area contributed by atoms with Crippen LogP contribution in [0.1, 0.15) is 36.0 Å². The summed E-state index contributed by atoms with van der Waals surface area (Å²) in [5.41, 5.74) is 0.912. The van der Waals surface area contributed by atoms with Crippen molar-refractivity contribution >= 4 is 23.3 Å². The Labute approximate surface area is 116 Å². The van der Waals surface area contributed by atoms with Gasteiger partial charge >= 0.3 is 0 Å².